The normalized spacial score (nSPS) is 20.9. The number of rotatable bonds is 15. The highest BCUT2D eigenvalue weighted by molar-refractivity contribution is 7.92. The number of aromatic nitrogens is 6. The molecule has 3 aromatic heterocycles. The van der Waals surface area contributed by atoms with Gasteiger partial charge in [-0.25, -0.2) is 28.4 Å². The summed E-state index contributed by atoms with van der Waals surface area (Å²) >= 11 is 0. The largest absolute Gasteiger partial charge is 0.492 e. The molecule has 0 radical (unpaired) electrons. The van der Waals surface area contributed by atoms with Gasteiger partial charge in [0.25, 0.3) is 5.91 Å². The zero-order valence-electron chi connectivity index (χ0n) is 44.0. The molecule has 21 nitrogen and oxygen atoms in total. The molecule has 5 aromatic rings. The average molecular weight is 1050 g/mol. The van der Waals surface area contributed by atoms with Gasteiger partial charge in [0.1, 0.15) is 34.9 Å². The Bertz CT molecular complexity index is 3030. The van der Waals surface area contributed by atoms with Crippen molar-refractivity contribution >= 4 is 62.0 Å². The topological polar surface area (TPSA) is 253 Å². The van der Waals surface area contributed by atoms with Crippen molar-refractivity contribution in [1.29, 1.82) is 0 Å². The highest BCUT2D eigenvalue weighted by Crippen LogP contribution is 2.38. The van der Waals surface area contributed by atoms with Crippen molar-refractivity contribution in [2.24, 2.45) is 0 Å². The van der Waals surface area contributed by atoms with Gasteiger partial charge in [-0.1, -0.05) is 24.3 Å². The Labute approximate surface area is 438 Å². The van der Waals surface area contributed by atoms with Gasteiger partial charge in [0.15, 0.2) is 15.7 Å². The third kappa shape index (κ3) is 11.3. The van der Waals surface area contributed by atoms with Crippen LogP contribution in [0.5, 0.6) is 5.75 Å². The molecule has 4 amide bonds. The van der Waals surface area contributed by atoms with Crippen LogP contribution in [0.1, 0.15) is 105 Å². The maximum atomic E-state index is 14.6. The molecule has 4 aliphatic rings. The molecule has 6 heterocycles. The molecular formula is C53H70N14O7S. The Balaban J connectivity index is 0.803. The molecule has 0 spiro atoms. The number of hydrogen-bond donors (Lipinski definition) is 5. The first kappa shape index (κ1) is 53.1. The van der Waals surface area contributed by atoms with Gasteiger partial charge in [0.05, 0.1) is 41.1 Å². The van der Waals surface area contributed by atoms with Crippen LogP contribution in [-0.4, -0.2) is 165 Å². The van der Waals surface area contributed by atoms with Crippen LogP contribution in [0.2, 0.25) is 0 Å². The lowest BCUT2D eigenvalue weighted by Gasteiger charge is -2.39. The molecule has 400 valence electrons. The summed E-state index contributed by atoms with van der Waals surface area (Å²) in [5.74, 6) is 0.432. The number of aromatic amines is 1. The molecular weight excluding hydrogens is 977 g/mol. The molecule has 9 rings (SSSR count). The second-order valence-electron chi connectivity index (χ2n) is 21.2. The van der Waals surface area contributed by atoms with Gasteiger partial charge in [-0.15, -0.1) is 0 Å². The molecule has 5 N–H and O–H groups in total. The SMILES string of the molecule is CNC(C)C(=O)N[C@H]1CN(C(=O)c2cnc(N3CCN(CCCOc4cc5ncnc(Nc6n[nH]c(C)c6C)c5cc4S(=O)(=O)C(C)(C)C)CC3)nc2)CC[C@H]2CC[C@@H](C(=O)N[C@@H]3CCCc4ccccc43)N2C1=O. The number of hydrogen-bond acceptors (Lipinski definition) is 16. The van der Waals surface area contributed by atoms with Gasteiger partial charge in [-0.3, -0.25) is 29.2 Å². The fraction of sp³-hybridized carbons (Fsp3) is 0.528. The van der Waals surface area contributed by atoms with Crippen molar-refractivity contribution in [3.8, 4) is 5.75 Å². The number of likely N-dealkylation sites (N-methyl/N-ethyl adjacent to an activating group) is 1. The maximum absolute atomic E-state index is 14.6. The minimum atomic E-state index is -3.85. The number of nitrogens with one attached hydrogen (secondary N) is 5. The Morgan fingerprint density at radius 3 is 2.39 bits per heavy atom. The van der Waals surface area contributed by atoms with Crippen molar-refractivity contribution in [3.05, 3.63) is 83.1 Å². The summed E-state index contributed by atoms with van der Waals surface area (Å²) in [7, 11) is -2.19. The van der Waals surface area contributed by atoms with Crippen LogP contribution in [0.25, 0.3) is 10.9 Å². The second-order valence-corrected chi connectivity index (χ2v) is 23.8. The fourth-order valence-corrected chi connectivity index (χ4v) is 11.8. The molecule has 0 saturated carbocycles. The second kappa shape index (κ2) is 22.2. The van der Waals surface area contributed by atoms with Gasteiger partial charge in [-0.05, 0) is 111 Å². The first-order chi connectivity index (χ1) is 35.9. The highest BCUT2D eigenvalue weighted by atomic mass is 32.2. The monoisotopic (exact) mass is 1050 g/mol. The van der Waals surface area contributed by atoms with Crippen molar-refractivity contribution in [2.75, 3.05) is 69.7 Å². The van der Waals surface area contributed by atoms with Crippen LogP contribution in [0.4, 0.5) is 17.6 Å². The number of amides is 4. The predicted octanol–water partition coefficient (Wildman–Crippen LogP) is 4.16. The summed E-state index contributed by atoms with van der Waals surface area (Å²) in [6.07, 6.45) is 9.40. The van der Waals surface area contributed by atoms with Crippen LogP contribution < -0.4 is 30.9 Å². The zero-order valence-corrected chi connectivity index (χ0v) is 44.8. The number of sulfone groups is 1. The van der Waals surface area contributed by atoms with Gasteiger partial charge >= 0.3 is 0 Å². The van der Waals surface area contributed by atoms with E-state index in [1.807, 2.05) is 26.0 Å². The molecule has 3 saturated heterocycles. The van der Waals surface area contributed by atoms with E-state index in [0.717, 1.165) is 49.2 Å². The van der Waals surface area contributed by atoms with Gasteiger partial charge in [0.2, 0.25) is 23.7 Å². The van der Waals surface area contributed by atoms with Crippen molar-refractivity contribution in [2.45, 2.75) is 126 Å². The van der Waals surface area contributed by atoms with Crippen LogP contribution in [0.3, 0.4) is 0 Å². The third-order valence-corrected chi connectivity index (χ3v) is 17.8. The summed E-state index contributed by atoms with van der Waals surface area (Å²) in [4.78, 5) is 82.0. The molecule has 1 unspecified atom stereocenters. The van der Waals surface area contributed by atoms with Gasteiger partial charge in [-0.2, -0.15) is 5.10 Å². The lowest BCUT2D eigenvalue weighted by atomic mass is 9.87. The summed E-state index contributed by atoms with van der Waals surface area (Å²) in [5, 5.41) is 20.1. The Morgan fingerprint density at radius 2 is 1.67 bits per heavy atom. The minimum Gasteiger partial charge on any atom is -0.492 e. The Kier molecular flexibility index (Phi) is 15.7. The van der Waals surface area contributed by atoms with E-state index in [4.69, 9.17) is 4.74 Å². The first-order valence-corrected chi connectivity index (χ1v) is 27.6. The first-order valence-electron chi connectivity index (χ1n) is 26.1. The van der Waals surface area contributed by atoms with Crippen LogP contribution >= 0.6 is 0 Å². The molecule has 0 bridgehead atoms. The Hall–Kier alpha value is -6.78. The summed E-state index contributed by atoms with van der Waals surface area (Å²) in [5.41, 5.74) is 4.96. The lowest BCUT2D eigenvalue weighted by molar-refractivity contribution is -0.145. The number of carbonyl (C=O) groups excluding carboxylic acids is 4. The van der Waals surface area contributed by atoms with E-state index < -0.39 is 32.7 Å². The fourth-order valence-electron chi connectivity index (χ4n) is 10.5. The van der Waals surface area contributed by atoms with Crippen molar-refractivity contribution < 1.29 is 32.3 Å². The smallest absolute Gasteiger partial charge is 0.257 e. The summed E-state index contributed by atoms with van der Waals surface area (Å²) in [6.45, 7) is 14.5. The van der Waals surface area contributed by atoms with E-state index >= 15 is 0 Å². The molecule has 3 fully saturated rings. The van der Waals surface area contributed by atoms with E-state index in [1.165, 1.54) is 24.3 Å². The summed E-state index contributed by atoms with van der Waals surface area (Å²) < 4.78 is 33.1. The molecule has 75 heavy (non-hydrogen) atoms. The maximum Gasteiger partial charge on any atom is 0.257 e. The van der Waals surface area contributed by atoms with E-state index in [-0.39, 0.29) is 65.1 Å². The Morgan fingerprint density at radius 1 is 0.907 bits per heavy atom. The van der Waals surface area contributed by atoms with E-state index in [1.54, 1.807) is 56.7 Å². The van der Waals surface area contributed by atoms with Gasteiger partial charge in [0, 0.05) is 80.4 Å². The standard InChI is InChI=1S/C53H70N14O7S/c1-32-33(2)62-63-46(32)61-47-39-26-45(75(72,73)53(4,5)6)44(27-41(39)57-31-58-47)74-25-11-19-64-21-23-65(24-22-64)52-55-28-36(29-56-52)50(70)66-20-18-37-16-17-43(67(37)51(71)42(30-66)60-48(68)34(3)54-7)49(69)59-40-15-10-13-35-12-8-9-14-38(35)40/h8-9,12,14,26-29,31,34,37,40,42-43,54H,10-11,13,15-25,30H2,1-7H3,(H,59,69)(H,60,68)(H2,57,58,61,62,63)/t34?,37-,40-,42+,43+/m1/s1. The lowest BCUT2D eigenvalue weighted by Crippen LogP contribution is -2.62. The summed E-state index contributed by atoms with van der Waals surface area (Å²) in [6, 6.07) is 8.62. The zero-order chi connectivity index (χ0) is 53.2. The minimum absolute atomic E-state index is 0.0683. The predicted molar refractivity (Wildman–Crippen MR) is 284 cm³/mol. The number of benzene rings is 2. The number of anilines is 3. The van der Waals surface area contributed by atoms with Crippen molar-refractivity contribution in [1.82, 2.24) is 60.8 Å². The van der Waals surface area contributed by atoms with Crippen LogP contribution in [-0.2, 0) is 30.6 Å². The molecule has 1 aliphatic carbocycles. The quantitative estimate of drug-likeness (QED) is 0.0924. The van der Waals surface area contributed by atoms with E-state index in [0.29, 0.717) is 80.3 Å². The average Bonchev–Trinajstić information content (AvgIpc) is 3.98. The number of H-pyrrole nitrogens is 1. The number of fused-ring (bicyclic) bond motifs is 3. The molecule has 3 aliphatic heterocycles. The highest BCUT2D eigenvalue weighted by Gasteiger charge is 2.46. The molecule has 5 atom stereocenters. The molecule has 2 aromatic carbocycles. The number of piperazine rings is 1. The van der Waals surface area contributed by atoms with Crippen molar-refractivity contribution in [3.63, 3.8) is 0 Å². The van der Waals surface area contributed by atoms with E-state index in [2.05, 4.69) is 73.3 Å². The third-order valence-electron chi connectivity index (χ3n) is 15.3. The number of ether oxygens (including phenoxy) is 1. The van der Waals surface area contributed by atoms with Crippen LogP contribution in [0.15, 0.2) is 60.0 Å². The number of carbonyl (C=O) groups is 4. The number of nitrogens with zero attached hydrogens (tertiary/aromatic N) is 9. The molecule has 22 heteroatoms. The van der Waals surface area contributed by atoms with E-state index in [9.17, 15) is 27.6 Å². The number of aryl methyl sites for hydroxylation is 2. The van der Waals surface area contributed by atoms with Crippen LogP contribution in [0, 0.1) is 13.8 Å². The van der Waals surface area contributed by atoms with Gasteiger partial charge < -0.3 is 40.7 Å².